The fraction of sp³-hybridized carbons (Fsp3) is 0.286. The number of hydrogen-bond donors (Lipinski definition) is 1. The summed E-state index contributed by atoms with van der Waals surface area (Å²) in [4.78, 5) is 13.8. The zero-order valence-electron chi connectivity index (χ0n) is 5.43. The van der Waals surface area contributed by atoms with E-state index in [1.807, 2.05) is 0 Å². The number of carbonyl (C=O) groups excluding carboxylic acids is 1. The van der Waals surface area contributed by atoms with E-state index in [1.54, 1.807) is 18.3 Å². The lowest BCUT2D eigenvalue weighted by atomic mass is 10.2. The summed E-state index contributed by atoms with van der Waals surface area (Å²) in [5.74, 6) is 0.456. The highest BCUT2D eigenvalue weighted by atomic mass is 35.5. The van der Waals surface area contributed by atoms with E-state index in [0.717, 1.165) is 0 Å². The first kappa shape index (κ1) is 7.35. The number of carbonyl (C=O) groups is 1. The molecule has 0 aliphatic rings. The number of H-pyrrole nitrogens is 1. The Morgan fingerprint density at radius 2 is 2.50 bits per heavy atom. The Balaban J connectivity index is 2.59. The van der Waals surface area contributed by atoms with Crippen LogP contribution in [0, 0.1) is 0 Å². The van der Waals surface area contributed by atoms with Crippen LogP contribution in [0.5, 0.6) is 0 Å². The number of ketones is 1. The number of aromatic amines is 1. The number of aromatic nitrogens is 1. The van der Waals surface area contributed by atoms with Crippen molar-refractivity contribution in [2.24, 2.45) is 0 Å². The third-order valence-corrected chi connectivity index (χ3v) is 1.41. The van der Waals surface area contributed by atoms with E-state index in [4.69, 9.17) is 11.6 Å². The molecule has 0 aliphatic heterocycles. The van der Waals surface area contributed by atoms with E-state index in [1.165, 1.54) is 0 Å². The normalized spacial score (nSPS) is 9.70. The standard InChI is InChI=1S/C7H8ClNO/c8-4-3-7(10)6-2-1-5-9-6/h1-2,5,9H,3-4H2. The predicted molar refractivity (Wildman–Crippen MR) is 40.5 cm³/mol. The molecule has 0 amide bonds. The zero-order chi connectivity index (χ0) is 7.40. The molecule has 0 fully saturated rings. The lowest BCUT2D eigenvalue weighted by molar-refractivity contribution is 0.0985. The summed E-state index contributed by atoms with van der Waals surface area (Å²) in [6.07, 6.45) is 2.13. The summed E-state index contributed by atoms with van der Waals surface area (Å²) in [7, 11) is 0. The zero-order valence-corrected chi connectivity index (χ0v) is 6.19. The fourth-order valence-corrected chi connectivity index (χ4v) is 0.896. The van der Waals surface area contributed by atoms with Crippen LogP contribution in [-0.2, 0) is 0 Å². The van der Waals surface area contributed by atoms with Gasteiger partial charge in [-0.05, 0) is 12.1 Å². The first-order valence-electron chi connectivity index (χ1n) is 3.07. The molecule has 0 bridgehead atoms. The van der Waals surface area contributed by atoms with Gasteiger partial charge in [-0.1, -0.05) is 0 Å². The van der Waals surface area contributed by atoms with Gasteiger partial charge in [-0.25, -0.2) is 0 Å². The van der Waals surface area contributed by atoms with Gasteiger partial charge in [0.15, 0.2) is 5.78 Å². The molecule has 0 saturated heterocycles. The maximum atomic E-state index is 11.0. The van der Waals surface area contributed by atoms with E-state index < -0.39 is 0 Å². The molecule has 54 valence electrons. The van der Waals surface area contributed by atoms with Crippen molar-refractivity contribution < 1.29 is 4.79 Å². The quantitative estimate of drug-likeness (QED) is 0.527. The van der Waals surface area contributed by atoms with Crippen LogP contribution >= 0.6 is 11.6 Å². The molecule has 1 rings (SSSR count). The molecule has 1 heterocycles. The van der Waals surface area contributed by atoms with Crippen molar-refractivity contribution in [3.8, 4) is 0 Å². The largest absolute Gasteiger partial charge is 0.359 e. The van der Waals surface area contributed by atoms with Crippen LogP contribution in [0.4, 0.5) is 0 Å². The molecule has 0 saturated carbocycles. The number of nitrogens with one attached hydrogen (secondary N) is 1. The Morgan fingerprint density at radius 1 is 1.70 bits per heavy atom. The van der Waals surface area contributed by atoms with E-state index in [2.05, 4.69) is 4.98 Å². The number of rotatable bonds is 3. The molecule has 3 heteroatoms. The predicted octanol–water partition coefficient (Wildman–Crippen LogP) is 1.83. The van der Waals surface area contributed by atoms with Crippen LogP contribution in [0.3, 0.4) is 0 Å². The number of alkyl halides is 1. The number of halogens is 1. The van der Waals surface area contributed by atoms with Crippen LogP contribution in [0.2, 0.25) is 0 Å². The average molecular weight is 158 g/mol. The van der Waals surface area contributed by atoms with Crippen LogP contribution in [0.15, 0.2) is 18.3 Å². The summed E-state index contributed by atoms with van der Waals surface area (Å²) in [6.45, 7) is 0. The Kier molecular flexibility index (Phi) is 2.51. The van der Waals surface area contributed by atoms with E-state index in [9.17, 15) is 4.79 Å². The van der Waals surface area contributed by atoms with Crippen LogP contribution in [-0.4, -0.2) is 16.6 Å². The van der Waals surface area contributed by atoms with Crippen LogP contribution in [0.25, 0.3) is 0 Å². The third kappa shape index (κ3) is 1.61. The molecule has 0 radical (unpaired) electrons. The van der Waals surface area contributed by atoms with Crippen molar-refractivity contribution >= 4 is 17.4 Å². The van der Waals surface area contributed by atoms with Gasteiger partial charge in [0.1, 0.15) is 0 Å². The minimum atomic E-state index is 0.0694. The maximum absolute atomic E-state index is 11.0. The van der Waals surface area contributed by atoms with Crippen molar-refractivity contribution in [1.82, 2.24) is 4.98 Å². The van der Waals surface area contributed by atoms with Gasteiger partial charge < -0.3 is 4.98 Å². The highest BCUT2D eigenvalue weighted by molar-refractivity contribution is 6.19. The molecule has 10 heavy (non-hydrogen) atoms. The molecule has 1 N–H and O–H groups in total. The lowest BCUT2D eigenvalue weighted by Gasteiger charge is -1.90. The Hall–Kier alpha value is -0.760. The second-order valence-corrected chi connectivity index (χ2v) is 2.32. The van der Waals surface area contributed by atoms with Gasteiger partial charge in [0, 0.05) is 18.5 Å². The topological polar surface area (TPSA) is 32.9 Å². The number of hydrogen-bond acceptors (Lipinski definition) is 1. The first-order chi connectivity index (χ1) is 4.84. The van der Waals surface area contributed by atoms with Crippen LogP contribution < -0.4 is 0 Å². The van der Waals surface area contributed by atoms with E-state index in [-0.39, 0.29) is 5.78 Å². The maximum Gasteiger partial charge on any atom is 0.180 e. The average Bonchev–Trinajstić information content (AvgIpc) is 2.38. The van der Waals surface area contributed by atoms with Crippen molar-refractivity contribution in [3.63, 3.8) is 0 Å². The summed E-state index contributed by atoms with van der Waals surface area (Å²) < 4.78 is 0. The molecule has 1 aromatic heterocycles. The Bertz CT molecular complexity index is 205. The molecular formula is C7H8ClNO. The summed E-state index contributed by atoms with van der Waals surface area (Å²) >= 11 is 5.38. The highest BCUT2D eigenvalue weighted by Crippen LogP contribution is 1.99. The Labute approximate surface area is 64.2 Å². The van der Waals surface area contributed by atoms with Gasteiger partial charge in [0.05, 0.1) is 5.69 Å². The van der Waals surface area contributed by atoms with Gasteiger partial charge >= 0.3 is 0 Å². The third-order valence-electron chi connectivity index (χ3n) is 1.22. The molecule has 1 aromatic rings. The SMILES string of the molecule is O=C(CCCl)c1ccc[nH]1. The van der Waals surface area contributed by atoms with Crippen molar-refractivity contribution in [1.29, 1.82) is 0 Å². The molecule has 0 spiro atoms. The Morgan fingerprint density at radius 3 is 3.00 bits per heavy atom. The molecule has 0 unspecified atom stereocenters. The van der Waals surface area contributed by atoms with Crippen molar-refractivity contribution in [3.05, 3.63) is 24.0 Å². The van der Waals surface area contributed by atoms with E-state index in [0.29, 0.717) is 18.0 Å². The highest BCUT2D eigenvalue weighted by Gasteiger charge is 2.03. The lowest BCUT2D eigenvalue weighted by Crippen LogP contribution is -1.98. The van der Waals surface area contributed by atoms with Crippen molar-refractivity contribution in [2.45, 2.75) is 6.42 Å². The smallest absolute Gasteiger partial charge is 0.180 e. The molecule has 0 aromatic carbocycles. The number of Topliss-reactive ketones (excluding diaryl/α,β-unsaturated/α-hetero) is 1. The summed E-state index contributed by atoms with van der Waals surface area (Å²) in [6, 6.07) is 3.54. The van der Waals surface area contributed by atoms with E-state index >= 15 is 0 Å². The fourth-order valence-electron chi connectivity index (χ4n) is 0.724. The molecule has 2 nitrogen and oxygen atoms in total. The molecule has 0 atom stereocenters. The van der Waals surface area contributed by atoms with Gasteiger partial charge in [-0.3, -0.25) is 4.79 Å². The molecule has 0 aliphatic carbocycles. The van der Waals surface area contributed by atoms with Gasteiger partial charge in [0.2, 0.25) is 0 Å². The second kappa shape index (κ2) is 3.42. The second-order valence-electron chi connectivity index (χ2n) is 1.95. The first-order valence-corrected chi connectivity index (χ1v) is 3.60. The minimum absolute atomic E-state index is 0.0694. The van der Waals surface area contributed by atoms with Crippen LogP contribution in [0.1, 0.15) is 16.9 Å². The molecular weight excluding hydrogens is 150 g/mol. The summed E-state index contributed by atoms with van der Waals surface area (Å²) in [5, 5.41) is 0. The summed E-state index contributed by atoms with van der Waals surface area (Å²) in [5.41, 5.74) is 0.639. The van der Waals surface area contributed by atoms with Crippen molar-refractivity contribution in [2.75, 3.05) is 5.88 Å². The monoisotopic (exact) mass is 157 g/mol. The van der Waals surface area contributed by atoms with Gasteiger partial charge in [-0.15, -0.1) is 11.6 Å². The van der Waals surface area contributed by atoms with Gasteiger partial charge in [-0.2, -0.15) is 0 Å². The minimum Gasteiger partial charge on any atom is -0.359 e. The van der Waals surface area contributed by atoms with Gasteiger partial charge in [0.25, 0.3) is 0 Å².